The summed E-state index contributed by atoms with van der Waals surface area (Å²) in [5.74, 6) is -2.49. The third kappa shape index (κ3) is 2.61. The van der Waals surface area contributed by atoms with Gasteiger partial charge in [-0.15, -0.1) is 0 Å². The van der Waals surface area contributed by atoms with Crippen LogP contribution in [0.25, 0.3) is 5.65 Å². The van der Waals surface area contributed by atoms with Crippen molar-refractivity contribution in [2.75, 3.05) is 0 Å². The van der Waals surface area contributed by atoms with Crippen LogP contribution in [-0.4, -0.2) is 20.3 Å². The van der Waals surface area contributed by atoms with E-state index in [1.54, 1.807) is 0 Å². The summed E-state index contributed by atoms with van der Waals surface area (Å²) in [6, 6.07) is 4.99. The molecule has 2 aromatic heterocycles. The van der Waals surface area contributed by atoms with Crippen LogP contribution in [0.2, 0.25) is 0 Å². The third-order valence-corrected chi connectivity index (χ3v) is 4.09. The molecule has 3 rings (SSSR count). The largest absolute Gasteiger partial charge is 0.504 e. The number of halogens is 3. The Labute approximate surface area is 138 Å². The van der Waals surface area contributed by atoms with Crippen molar-refractivity contribution in [2.24, 2.45) is 0 Å². The molecular formula is C16H11BrF2N2O2. The molecule has 0 fully saturated rings. The fraction of sp³-hybridized carbons (Fsp3) is 0.125. The van der Waals surface area contributed by atoms with Crippen molar-refractivity contribution in [3.8, 4) is 5.75 Å². The van der Waals surface area contributed by atoms with Gasteiger partial charge in [0.1, 0.15) is 17.2 Å². The second-order valence-corrected chi connectivity index (χ2v) is 5.81. The number of carbonyl (C=O) groups excluding carboxylic acids is 1. The summed E-state index contributed by atoms with van der Waals surface area (Å²) in [4.78, 5) is 17.1. The average molecular weight is 381 g/mol. The zero-order valence-electron chi connectivity index (χ0n) is 12.0. The van der Waals surface area contributed by atoms with E-state index in [1.165, 1.54) is 28.8 Å². The second-order valence-electron chi connectivity index (χ2n) is 4.95. The molecule has 4 nitrogen and oxygen atoms in total. The molecule has 1 N–H and O–H groups in total. The number of ketones is 1. The van der Waals surface area contributed by atoms with E-state index in [0.29, 0.717) is 17.8 Å². The van der Waals surface area contributed by atoms with Crippen LogP contribution in [-0.2, 0) is 6.42 Å². The van der Waals surface area contributed by atoms with Crippen molar-refractivity contribution in [1.29, 1.82) is 0 Å². The minimum Gasteiger partial charge on any atom is -0.504 e. The summed E-state index contributed by atoms with van der Waals surface area (Å²) in [5.41, 5.74) is 1.14. The molecule has 0 aliphatic carbocycles. The molecule has 0 unspecified atom stereocenters. The predicted molar refractivity (Wildman–Crippen MR) is 83.7 cm³/mol. The van der Waals surface area contributed by atoms with Gasteiger partial charge in [0, 0.05) is 11.8 Å². The van der Waals surface area contributed by atoms with E-state index in [4.69, 9.17) is 0 Å². The lowest BCUT2D eigenvalue weighted by atomic mass is 10.1. The lowest BCUT2D eigenvalue weighted by Gasteiger charge is -2.06. The lowest BCUT2D eigenvalue weighted by Crippen LogP contribution is -2.09. The number of fused-ring (bicyclic) bond motifs is 1. The molecule has 0 spiro atoms. The molecule has 118 valence electrons. The van der Waals surface area contributed by atoms with Gasteiger partial charge in [-0.25, -0.2) is 13.8 Å². The van der Waals surface area contributed by atoms with Crippen LogP contribution in [0.4, 0.5) is 8.78 Å². The first kappa shape index (κ1) is 15.6. The molecule has 0 bridgehead atoms. The number of phenols is 1. The number of benzene rings is 1. The van der Waals surface area contributed by atoms with Crippen LogP contribution in [0, 0.1) is 11.6 Å². The van der Waals surface area contributed by atoms with Crippen LogP contribution in [0.5, 0.6) is 5.75 Å². The van der Waals surface area contributed by atoms with Crippen LogP contribution in [0.1, 0.15) is 28.7 Å². The molecule has 3 aromatic rings. The number of carbonyl (C=O) groups is 1. The lowest BCUT2D eigenvalue weighted by molar-refractivity contribution is 0.103. The van der Waals surface area contributed by atoms with Gasteiger partial charge in [-0.1, -0.05) is 6.92 Å². The molecule has 23 heavy (non-hydrogen) atoms. The van der Waals surface area contributed by atoms with Crippen molar-refractivity contribution < 1.29 is 18.7 Å². The number of phenolic OH excluding ortho intramolecular Hbond substituents is 1. The Morgan fingerprint density at radius 3 is 2.74 bits per heavy atom. The molecule has 0 saturated heterocycles. The van der Waals surface area contributed by atoms with Crippen LogP contribution < -0.4 is 0 Å². The van der Waals surface area contributed by atoms with E-state index < -0.39 is 23.2 Å². The fourth-order valence-corrected chi connectivity index (χ4v) is 2.82. The maximum Gasteiger partial charge on any atom is 0.211 e. The molecule has 0 aliphatic rings. The number of rotatable bonds is 3. The Morgan fingerprint density at radius 2 is 2.09 bits per heavy atom. The van der Waals surface area contributed by atoms with Crippen LogP contribution in [0.15, 0.2) is 34.9 Å². The number of aromatic nitrogens is 2. The molecular weight excluding hydrogens is 370 g/mol. The van der Waals surface area contributed by atoms with Gasteiger partial charge in [0.05, 0.1) is 10.2 Å². The molecule has 0 amide bonds. The average Bonchev–Trinajstić information content (AvgIpc) is 2.89. The summed E-state index contributed by atoms with van der Waals surface area (Å²) >= 11 is 3.00. The minimum absolute atomic E-state index is 0.0351. The number of hydrogen-bond acceptors (Lipinski definition) is 3. The molecule has 0 radical (unpaired) electrons. The Hall–Kier alpha value is -2.28. The van der Waals surface area contributed by atoms with E-state index in [-0.39, 0.29) is 15.7 Å². The molecule has 7 heteroatoms. The first-order valence-electron chi connectivity index (χ1n) is 6.81. The normalized spacial score (nSPS) is 11.1. The maximum absolute atomic E-state index is 13.7. The Balaban J connectivity index is 2.23. The standard InChI is InChI=1S/C16H11BrF2N2O2/c1-2-12-14(21-7-9(18)3-4-13(21)20-12)15(22)8-5-10(17)16(23)11(19)6-8/h3-7,23H,2H2,1H3. The van der Waals surface area contributed by atoms with Crippen molar-refractivity contribution in [2.45, 2.75) is 13.3 Å². The Bertz CT molecular complexity index is 914. The van der Waals surface area contributed by atoms with E-state index in [9.17, 15) is 18.7 Å². The number of aryl methyl sites for hydroxylation is 1. The quantitative estimate of drug-likeness (QED) is 0.701. The van der Waals surface area contributed by atoms with Gasteiger partial charge in [0.15, 0.2) is 11.6 Å². The summed E-state index contributed by atoms with van der Waals surface area (Å²) < 4.78 is 28.6. The van der Waals surface area contributed by atoms with Gasteiger partial charge in [0.2, 0.25) is 5.78 Å². The first-order chi connectivity index (χ1) is 10.9. The number of pyridine rings is 1. The van der Waals surface area contributed by atoms with Gasteiger partial charge in [0.25, 0.3) is 0 Å². The zero-order chi connectivity index (χ0) is 16.7. The van der Waals surface area contributed by atoms with Crippen molar-refractivity contribution >= 4 is 27.4 Å². The van der Waals surface area contributed by atoms with Crippen LogP contribution in [0.3, 0.4) is 0 Å². The summed E-state index contributed by atoms with van der Waals surface area (Å²) in [7, 11) is 0. The molecule has 0 saturated carbocycles. The van der Waals surface area contributed by atoms with E-state index >= 15 is 0 Å². The van der Waals surface area contributed by atoms with Crippen molar-refractivity contribution in [3.05, 3.63) is 63.5 Å². The highest BCUT2D eigenvalue weighted by atomic mass is 79.9. The first-order valence-corrected chi connectivity index (χ1v) is 7.61. The Morgan fingerprint density at radius 1 is 1.35 bits per heavy atom. The van der Waals surface area contributed by atoms with Crippen molar-refractivity contribution in [1.82, 2.24) is 9.38 Å². The predicted octanol–water partition coefficient (Wildman–Crippen LogP) is 3.87. The monoisotopic (exact) mass is 380 g/mol. The van der Waals surface area contributed by atoms with E-state index in [0.717, 1.165) is 6.07 Å². The van der Waals surface area contributed by atoms with Gasteiger partial charge in [-0.05, 0) is 46.6 Å². The van der Waals surface area contributed by atoms with Crippen molar-refractivity contribution in [3.63, 3.8) is 0 Å². The van der Waals surface area contributed by atoms with Gasteiger partial charge < -0.3 is 5.11 Å². The smallest absolute Gasteiger partial charge is 0.211 e. The number of imidazole rings is 1. The minimum atomic E-state index is -0.916. The highest BCUT2D eigenvalue weighted by molar-refractivity contribution is 9.10. The zero-order valence-corrected chi connectivity index (χ0v) is 13.6. The number of aromatic hydroxyl groups is 1. The fourth-order valence-electron chi connectivity index (χ4n) is 2.39. The number of nitrogens with zero attached hydrogens (tertiary/aromatic N) is 2. The summed E-state index contributed by atoms with van der Waals surface area (Å²) in [6.07, 6.45) is 1.63. The summed E-state index contributed by atoms with van der Waals surface area (Å²) in [6.45, 7) is 1.82. The Kier molecular flexibility index (Phi) is 3.89. The highest BCUT2D eigenvalue weighted by Crippen LogP contribution is 2.29. The van der Waals surface area contributed by atoms with E-state index in [2.05, 4.69) is 20.9 Å². The number of hydrogen-bond donors (Lipinski definition) is 1. The van der Waals surface area contributed by atoms with Gasteiger partial charge in [-0.2, -0.15) is 0 Å². The van der Waals surface area contributed by atoms with Crippen LogP contribution >= 0.6 is 15.9 Å². The van der Waals surface area contributed by atoms with E-state index in [1.807, 2.05) is 6.92 Å². The highest BCUT2D eigenvalue weighted by Gasteiger charge is 2.22. The SMILES string of the molecule is CCc1nc2ccc(F)cn2c1C(=O)c1cc(F)c(O)c(Br)c1. The topological polar surface area (TPSA) is 54.6 Å². The third-order valence-electron chi connectivity index (χ3n) is 3.48. The van der Waals surface area contributed by atoms with Gasteiger partial charge >= 0.3 is 0 Å². The molecule has 2 heterocycles. The molecule has 0 atom stereocenters. The molecule has 0 aliphatic heterocycles. The second kappa shape index (κ2) is 5.73. The van der Waals surface area contributed by atoms with Gasteiger partial charge in [-0.3, -0.25) is 9.20 Å². The summed E-state index contributed by atoms with van der Waals surface area (Å²) in [5, 5.41) is 9.45. The molecule has 1 aromatic carbocycles. The maximum atomic E-state index is 13.7.